The first-order chi connectivity index (χ1) is 11.5. The van der Waals surface area contributed by atoms with Crippen LogP contribution < -0.4 is 20.5 Å². The first-order valence-corrected chi connectivity index (χ1v) is 8.06. The van der Waals surface area contributed by atoms with Crippen LogP contribution in [-0.4, -0.2) is 32.0 Å². The molecule has 0 aliphatic carbocycles. The minimum Gasteiger partial charge on any atom is -0.484 e. The predicted molar refractivity (Wildman–Crippen MR) is 95.6 cm³/mol. The molecular formula is C17H18BrN3O3. The van der Waals surface area contributed by atoms with E-state index in [4.69, 9.17) is 4.74 Å². The summed E-state index contributed by atoms with van der Waals surface area (Å²) in [5.74, 6) is -0.185. The van der Waals surface area contributed by atoms with Gasteiger partial charge in [0, 0.05) is 17.2 Å². The second-order valence-electron chi connectivity index (χ2n) is 5.03. The highest BCUT2D eigenvalue weighted by atomic mass is 79.9. The van der Waals surface area contributed by atoms with Gasteiger partial charge in [0.25, 0.3) is 11.8 Å². The zero-order valence-corrected chi connectivity index (χ0v) is 14.7. The van der Waals surface area contributed by atoms with Gasteiger partial charge >= 0.3 is 0 Å². The summed E-state index contributed by atoms with van der Waals surface area (Å²) < 4.78 is 6.24. The Balaban J connectivity index is 1.69. The Morgan fingerprint density at radius 2 is 1.62 bits per heavy atom. The molecule has 2 aromatic rings. The van der Waals surface area contributed by atoms with E-state index in [1.54, 1.807) is 24.1 Å². The van der Waals surface area contributed by atoms with Gasteiger partial charge in [0.15, 0.2) is 6.61 Å². The fourth-order valence-electron chi connectivity index (χ4n) is 1.88. The molecule has 0 bridgehead atoms. The van der Waals surface area contributed by atoms with Gasteiger partial charge < -0.3 is 9.64 Å². The van der Waals surface area contributed by atoms with Crippen LogP contribution in [0, 0.1) is 0 Å². The van der Waals surface area contributed by atoms with E-state index in [0.717, 1.165) is 10.2 Å². The van der Waals surface area contributed by atoms with Crippen molar-refractivity contribution in [2.75, 3.05) is 25.1 Å². The number of halogens is 1. The number of ether oxygens (including phenoxy) is 1. The number of benzene rings is 2. The van der Waals surface area contributed by atoms with Crippen LogP contribution in [-0.2, 0) is 9.59 Å². The topological polar surface area (TPSA) is 70.7 Å². The molecule has 0 saturated heterocycles. The smallest absolute Gasteiger partial charge is 0.276 e. The number of rotatable bonds is 6. The molecule has 6 nitrogen and oxygen atoms in total. The van der Waals surface area contributed by atoms with E-state index >= 15 is 0 Å². The highest BCUT2D eigenvalue weighted by molar-refractivity contribution is 9.10. The van der Waals surface area contributed by atoms with Gasteiger partial charge in [-0.15, -0.1) is 0 Å². The van der Waals surface area contributed by atoms with E-state index in [2.05, 4.69) is 26.8 Å². The zero-order chi connectivity index (χ0) is 17.4. The van der Waals surface area contributed by atoms with Crippen molar-refractivity contribution in [1.82, 2.24) is 10.9 Å². The highest BCUT2D eigenvalue weighted by Gasteiger charge is 2.09. The normalized spacial score (nSPS) is 9.92. The Kier molecular flexibility index (Phi) is 6.62. The third-order valence-electron chi connectivity index (χ3n) is 3.10. The van der Waals surface area contributed by atoms with E-state index in [0.29, 0.717) is 5.75 Å². The van der Waals surface area contributed by atoms with Crippen LogP contribution in [0.1, 0.15) is 0 Å². The standard InChI is InChI=1S/C17H18BrN3O3/c1-21(14-5-3-2-4-6-14)11-16(22)19-20-17(23)12-24-15-9-7-13(18)8-10-15/h2-10H,11-12H2,1H3,(H,19,22)(H,20,23). The number of amides is 2. The van der Waals surface area contributed by atoms with Crippen LogP contribution >= 0.6 is 15.9 Å². The summed E-state index contributed by atoms with van der Waals surface area (Å²) in [6.07, 6.45) is 0. The lowest BCUT2D eigenvalue weighted by atomic mass is 10.3. The third-order valence-corrected chi connectivity index (χ3v) is 3.63. The fraction of sp³-hybridized carbons (Fsp3) is 0.176. The lowest BCUT2D eigenvalue weighted by Crippen LogP contribution is -2.47. The molecule has 0 aromatic heterocycles. The Morgan fingerprint density at radius 1 is 1.00 bits per heavy atom. The van der Waals surface area contributed by atoms with Gasteiger partial charge in [-0.1, -0.05) is 34.1 Å². The van der Waals surface area contributed by atoms with Crippen LogP contribution in [0.15, 0.2) is 59.1 Å². The first-order valence-electron chi connectivity index (χ1n) is 7.27. The van der Waals surface area contributed by atoms with Gasteiger partial charge in [-0.05, 0) is 36.4 Å². The average molecular weight is 392 g/mol. The van der Waals surface area contributed by atoms with Gasteiger partial charge in [-0.3, -0.25) is 20.4 Å². The lowest BCUT2D eigenvalue weighted by Gasteiger charge is -2.18. The van der Waals surface area contributed by atoms with Crippen LogP contribution in [0.5, 0.6) is 5.75 Å². The van der Waals surface area contributed by atoms with Crippen LogP contribution in [0.3, 0.4) is 0 Å². The van der Waals surface area contributed by atoms with Crippen molar-refractivity contribution in [3.63, 3.8) is 0 Å². The molecule has 0 spiro atoms. The van der Waals surface area contributed by atoms with E-state index < -0.39 is 5.91 Å². The molecule has 0 fully saturated rings. The van der Waals surface area contributed by atoms with Crippen molar-refractivity contribution in [3.8, 4) is 5.75 Å². The Hall–Kier alpha value is -2.54. The number of likely N-dealkylation sites (N-methyl/N-ethyl adjacent to an activating group) is 1. The molecule has 2 amide bonds. The van der Waals surface area contributed by atoms with Crippen molar-refractivity contribution < 1.29 is 14.3 Å². The Morgan fingerprint density at radius 3 is 2.29 bits per heavy atom. The molecule has 0 atom stereocenters. The van der Waals surface area contributed by atoms with Gasteiger partial charge in [-0.2, -0.15) is 0 Å². The van der Waals surface area contributed by atoms with Crippen molar-refractivity contribution >= 4 is 33.4 Å². The molecule has 2 N–H and O–H groups in total. The second-order valence-corrected chi connectivity index (χ2v) is 5.95. The van der Waals surface area contributed by atoms with Crippen LogP contribution in [0.2, 0.25) is 0 Å². The molecule has 0 unspecified atom stereocenters. The van der Waals surface area contributed by atoms with Crippen LogP contribution in [0.25, 0.3) is 0 Å². The summed E-state index contributed by atoms with van der Waals surface area (Å²) in [5.41, 5.74) is 5.60. The fourth-order valence-corrected chi connectivity index (χ4v) is 2.15. The summed E-state index contributed by atoms with van der Waals surface area (Å²) in [6.45, 7) is -0.0612. The molecule has 2 rings (SSSR count). The quantitative estimate of drug-likeness (QED) is 0.739. The lowest BCUT2D eigenvalue weighted by molar-refractivity contribution is -0.129. The Bertz CT molecular complexity index is 677. The largest absolute Gasteiger partial charge is 0.484 e. The maximum Gasteiger partial charge on any atom is 0.276 e. The molecule has 24 heavy (non-hydrogen) atoms. The van der Waals surface area contributed by atoms with Gasteiger partial charge in [0.2, 0.25) is 0 Å². The minimum atomic E-state index is -0.436. The number of hydrazine groups is 1. The average Bonchev–Trinajstić information content (AvgIpc) is 2.60. The molecule has 2 aromatic carbocycles. The summed E-state index contributed by atoms with van der Waals surface area (Å²) in [4.78, 5) is 25.3. The number of carbonyl (C=O) groups is 2. The molecular weight excluding hydrogens is 374 g/mol. The zero-order valence-electron chi connectivity index (χ0n) is 13.2. The summed E-state index contributed by atoms with van der Waals surface area (Å²) in [7, 11) is 1.80. The van der Waals surface area contributed by atoms with Crippen molar-refractivity contribution in [2.24, 2.45) is 0 Å². The summed E-state index contributed by atoms with van der Waals surface area (Å²) >= 11 is 3.32. The summed E-state index contributed by atoms with van der Waals surface area (Å²) in [5, 5.41) is 0. The number of hydrogen-bond acceptors (Lipinski definition) is 4. The molecule has 7 heteroatoms. The number of hydrogen-bond donors (Lipinski definition) is 2. The Labute approximate surface area is 148 Å². The number of carbonyl (C=O) groups excluding carboxylic acids is 2. The monoisotopic (exact) mass is 391 g/mol. The van der Waals surface area contributed by atoms with Crippen molar-refractivity contribution in [2.45, 2.75) is 0 Å². The molecule has 0 saturated carbocycles. The number of nitrogens with one attached hydrogen (secondary N) is 2. The summed E-state index contributed by atoms with van der Waals surface area (Å²) in [6, 6.07) is 16.6. The first kappa shape index (κ1) is 17.8. The maximum atomic E-state index is 11.8. The molecule has 126 valence electrons. The third kappa shape index (κ3) is 5.92. The molecule has 0 aliphatic rings. The van der Waals surface area contributed by atoms with E-state index in [1.165, 1.54) is 0 Å². The minimum absolute atomic E-state index is 0.123. The van der Waals surface area contributed by atoms with Gasteiger partial charge in [0.1, 0.15) is 5.75 Å². The van der Waals surface area contributed by atoms with E-state index in [-0.39, 0.29) is 19.1 Å². The maximum absolute atomic E-state index is 11.8. The van der Waals surface area contributed by atoms with E-state index in [9.17, 15) is 9.59 Å². The van der Waals surface area contributed by atoms with Gasteiger partial charge in [0.05, 0.1) is 6.54 Å². The van der Waals surface area contributed by atoms with Gasteiger partial charge in [-0.25, -0.2) is 0 Å². The van der Waals surface area contributed by atoms with Crippen molar-refractivity contribution in [1.29, 1.82) is 0 Å². The number of nitrogens with zero attached hydrogens (tertiary/aromatic N) is 1. The van der Waals surface area contributed by atoms with E-state index in [1.807, 2.05) is 42.5 Å². The SMILES string of the molecule is CN(CC(=O)NNC(=O)COc1ccc(Br)cc1)c1ccccc1. The number of anilines is 1. The van der Waals surface area contributed by atoms with Crippen molar-refractivity contribution in [3.05, 3.63) is 59.1 Å². The second kappa shape index (κ2) is 8.93. The van der Waals surface area contributed by atoms with Crippen LogP contribution in [0.4, 0.5) is 5.69 Å². The number of para-hydroxylation sites is 1. The molecule has 0 radical (unpaired) electrons. The molecule has 0 heterocycles. The highest BCUT2D eigenvalue weighted by Crippen LogP contribution is 2.15. The predicted octanol–water partition coefficient (Wildman–Crippen LogP) is 2.11. The molecule has 0 aliphatic heterocycles.